The molecule has 0 spiro atoms. The smallest absolute Gasteiger partial charge is 0.227 e. The van der Waals surface area contributed by atoms with Crippen molar-refractivity contribution in [2.24, 2.45) is 0 Å². The molecule has 0 radical (unpaired) electrons. The van der Waals surface area contributed by atoms with Crippen molar-refractivity contribution >= 4 is 34.4 Å². The summed E-state index contributed by atoms with van der Waals surface area (Å²) in [5, 5.41) is 3.34. The van der Waals surface area contributed by atoms with Crippen molar-refractivity contribution in [1.82, 2.24) is 9.97 Å². The Balaban J connectivity index is 2.57. The molecule has 0 aliphatic heterocycles. The van der Waals surface area contributed by atoms with Crippen molar-refractivity contribution in [3.8, 4) is 11.3 Å². The summed E-state index contributed by atoms with van der Waals surface area (Å²) in [4.78, 5) is 11.7. The van der Waals surface area contributed by atoms with Crippen LogP contribution in [-0.2, 0) is 0 Å². The Labute approximate surface area is 140 Å². The molecule has 0 amide bonds. The summed E-state index contributed by atoms with van der Waals surface area (Å²) in [5.74, 6) is 1.70. The van der Waals surface area contributed by atoms with Gasteiger partial charge < -0.3 is 10.2 Å². The SMILES string of the molecule is CCNc1nc(N(CC)CC)nc(-c2ccccc2)c1I. The van der Waals surface area contributed by atoms with Gasteiger partial charge in [-0.3, -0.25) is 0 Å². The van der Waals surface area contributed by atoms with Crippen molar-refractivity contribution in [1.29, 1.82) is 0 Å². The first-order valence-electron chi connectivity index (χ1n) is 7.33. The summed E-state index contributed by atoms with van der Waals surface area (Å²) in [7, 11) is 0. The first kappa shape index (κ1) is 16.0. The summed E-state index contributed by atoms with van der Waals surface area (Å²) in [5.41, 5.74) is 2.11. The molecule has 0 saturated carbocycles. The highest BCUT2D eigenvalue weighted by Crippen LogP contribution is 2.30. The second-order valence-electron chi connectivity index (χ2n) is 4.60. The lowest BCUT2D eigenvalue weighted by molar-refractivity contribution is 0.821. The zero-order chi connectivity index (χ0) is 15.2. The van der Waals surface area contributed by atoms with E-state index in [2.05, 4.69) is 70.7 Å². The molecule has 0 bridgehead atoms. The van der Waals surface area contributed by atoms with E-state index in [4.69, 9.17) is 4.98 Å². The lowest BCUT2D eigenvalue weighted by atomic mass is 10.1. The summed E-state index contributed by atoms with van der Waals surface area (Å²) < 4.78 is 1.07. The second-order valence-corrected chi connectivity index (χ2v) is 5.68. The van der Waals surface area contributed by atoms with Crippen molar-refractivity contribution in [2.75, 3.05) is 29.9 Å². The van der Waals surface area contributed by atoms with Crippen LogP contribution in [-0.4, -0.2) is 29.6 Å². The van der Waals surface area contributed by atoms with E-state index >= 15 is 0 Å². The predicted molar refractivity (Wildman–Crippen MR) is 97.9 cm³/mol. The Bertz CT molecular complexity index is 582. The third kappa shape index (κ3) is 3.64. The molecule has 0 aliphatic rings. The van der Waals surface area contributed by atoms with E-state index in [0.717, 1.165) is 46.2 Å². The molecule has 1 heterocycles. The largest absolute Gasteiger partial charge is 0.369 e. The minimum atomic E-state index is 0.787. The first-order valence-corrected chi connectivity index (χ1v) is 8.40. The van der Waals surface area contributed by atoms with Gasteiger partial charge in [-0.05, 0) is 43.4 Å². The van der Waals surface area contributed by atoms with Gasteiger partial charge in [0.15, 0.2) is 0 Å². The quantitative estimate of drug-likeness (QED) is 0.749. The number of halogens is 1. The van der Waals surface area contributed by atoms with Gasteiger partial charge in [0, 0.05) is 25.2 Å². The van der Waals surface area contributed by atoms with Gasteiger partial charge in [-0.15, -0.1) is 0 Å². The lowest BCUT2D eigenvalue weighted by Crippen LogP contribution is -2.25. The van der Waals surface area contributed by atoms with E-state index in [9.17, 15) is 0 Å². The molecule has 0 unspecified atom stereocenters. The highest BCUT2D eigenvalue weighted by molar-refractivity contribution is 14.1. The maximum Gasteiger partial charge on any atom is 0.227 e. The molecular formula is C16H21IN4. The standard InChI is InChI=1S/C16H21IN4/c1-4-18-15-13(17)14(12-10-8-7-9-11-12)19-16(20-15)21(5-2)6-3/h7-11H,4-6H2,1-3H3,(H,18,19,20). The average Bonchev–Trinajstić information content (AvgIpc) is 2.52. The summed E-state index contributed by atoms with van der Waals surface area (Å²) in [6.45, 7) is 8.98. The van der Waals surface area contributed by atoms with E-state index in [1.165, 1.54) is 0 Å². The molecule has 0 atom stereocenters. The average molecular weight is 396 g/mol. The number of nitrogens with one attached hydrogen (secondary N) is 1. The van der Waals surface area contributed by atoms with Crippen molar-refractivity contribution in [3.05, 3.63) is 33.9 Å². The maximum atomic E-state index is 4.79. The van der Waals surface area contributed by atoms with Crippen LogP contribution in [0, 0.1) is 3.57 Å². The van der Waals surface area contributed by atoms with E-state index < -0.39 is 0 Å². The van der Waals surface area contributed by atoms with Crippen molar-refractivity contribution in [3.63, 3.8) is 0 Å². The second kappa shape index (κ2) is 7.59. The minimum Gasteiger partial charge on any atom is -0.369 e. The Morgan fingerprint density at radius 2 is 1.71 bits per heavy atom. The molecule has 0 fully saturated rings. The molecule has 1 N–H and O–H groups in total. The number of hydrogen-bond acceptors (Lipinski definition) is 4. The topological polar surface area (TPSA) is 41.1 Å². The van der Waals surface area contributed by atoms with Gasteiger partial charge in [-0.25, -0.2) is 4.98 Å². The normalized spacial score (nSPS) is 10.5. The van der Waals surface area contributed by atoms with Crippen LogP contribution in [0.2, 0.25) is 0 Å². The van der Waals surface area contributed by atoms with E-state index in [1.54, 1.807) is 0 Å². The molecule has 21 heavy (non-hydrogen) atoms. The van der Waals surface area contributed by atoms with Crippen LogP contribution in [0.25, 0.3) is 11.3 Å². The van der Waals surface area contributed by atoms with Crippen LogP contribution >= 0.6 is 22.6 Å². The fraction of sp³-hybridized carbons (Fsp3) is 0.375. The van der Waals surface area contributed by atoms with Crippen LogP contribution in [0.4, 0.5) is 11.8 Å². The van der Waals surface area contributed by atoms with Gasteiger partial charge in [0.05, 0.1) is 9.26 Å². The third-order valence-corrected chi connectivity index (χ3v) is 4.30. The van der Waals surface area contributed by atoms with Gasteiger partial charge in [0.2, 0.25) is 5.95 Å². The van der Waals surface area contributed by atoms with Gasteiger partial charge in [0.25, 0.3) is 0 Å². The first-order chi connectivity index (χ1) is 10.2. The number of rotatable bonds is 6. The molecule has 1 aromatic carbocycles. The Morgan fingerprint density at radius 3 is 2.29 bits per heavy atom. The van der Waals surface area contributed by atoms with E-state index in [0.29, 0.717) is 0 Å². The zero-order valence-electron chi connectivity index (χ0n) is 12.7. The third-order valence-electron chi connectivity index (χ3n) is 3.28. The highest BCUT2D eigenvalue weighted by Gasteiger charge is 2.16. The van der Waals surface area contributed by atoms with Gasteiger partial charge >= 0.3 is 0 Å². The Hall–Kier alpha value is -1.37. The molecule has 112 valence electrons. The molecule has 2 aromatic rings. The number of benzene rings is 1. The summed E-state index contributed by atoms with van der Waals surface area (Å²) >= 11 is 2.33. The van der Waals surface area contributed by atoms with E-state index in [-0.39, 0.29) is 0 Å². The molecular weight excluding hydrogens is 375 g/mol. The Morgan fingerprint density at radius 1 is 1.05 bits per heavy atom. The van der Waals surface area contributed by atoms with Gasteiger partial charge in [-0.1, -0.05) is 30.3 Å². The van der Waals surface area contributed by atoms with Crippen LogP contribution in [0.5, 0.6) is 0 Å². The fourth-order valence-corrected chi connectivity index (χ4v) is 2.90. The minimum absolute atomic E-state index is 0.787. The molecule has 4 nitrogen and oxygen atoms in total. The van der Waals surface area contributed by atoms with Crippen LogP contribution in [0.15, 0.2) is 30.3 Å². The predicted octanol–water partition coefficient (Wildman–Crippen LogP) is 4.03. The lowest BCUT2D eigenvalue weighted by Gasteiger charge is -2.21. The van der Waals surface area contributed by atoms with Crippen LogP contribution < -0.4 is 10.2 Å². The zero-order valence-corrected chi connectivity index (χ0v) is 14.9. The number of anilines is 2. The van der Waals surface area contributed by atoms with Crippen molar-refractivity contribution in [2.45, 2.75) is 20.8 Å². The number of hydrogen-bond donors (Lipinski definition) is 1. The molecule has 1 aromatic heterocycles. The molecule has 5 heteroatoms. The number of aromatic nitrogens is 2. The van der Waals surface area contributed by atoms with Crippen LogP contribution in [0.3, 0.4) is 0 Å². The fourth-order valence-electron chi connectivity index (χ4n) is 2.16. The van der Waals surface area contributed by atoms with Crippen molar-refractivity contribution < 1.29 is 0 Å². The summed E-state index contributed by atoms with van der Waals surface area (Å²) in [6, 6.07) is 10.3. The summed E-state index contributed by atoms with van der Waals surface area (Å²) in [6.07, 6.45) is 0. The van der Waals surface area contributed by atoms with Gasteiger partial charge in [-0.2, -0.15) is 4.98 Å². The highest BCUT2D eigenvalue weighted by atomic mass is 127. The number of nitrogens with zero attached hydrogens (tertiary/aromatic N) is 3. The monoisotopic (exact) mass is 396 g/mol. The molecule has 0 saturated heterocycles. The van der Waals surface area contributed by atoms with E-state index in [1.807, 2.05) is 18.2 Å². The molecule has 0 aliphatic carbocycles. The van der Waals surface area contributed by atoms with Gasteiger partial charge in [0.1, 0.15) is 5.82 Å². The maximum absolute atomic E-state index is 4.79. The Kier molecular flexibility index (Phi) is 5.78. The molecule has 2 rings (SSSR count). The van der Waals surface area contributed by atoms with Crippen LogP contribution in [0.1, 0.15) is 20.8 Å².